The van der Waals surface area contributed by atoms with Crippen LogP contribution in [0.15, 0.2) is 36.5 Å². The van der Waals surface area contributed by atoms with Gasteiger partial charge in [0.05, 0.1) is 6.61 Å². The Kier molecular flexibility index (Phi) is 4.91. The lowest BCUT2D eigenvalue weighted by atomic mass is 9.73. The van der Waals surface area contributed by atoms with Crippen molar-refractivity contribution in [2.45, 2.75) is 32.2 Å². The molecule has 2 saturated heterocycles. The number of aliphatic hydroxyl groups is 1. The number of carbonyl (C=O) groups excluding carboxylic acids is 2. The second-order valence-electron chi connectivity index (χ2n) is 7.96. The number of benzene rings is 1. The molecule has 144 valence electrons. The van der Waals surface area contributed by atoms with E-state index in [0.29, 0.717) is 32.6 Å². The number of para-hydroxylation sites is 1. The first kappa shape index (κ1) is 18.0. The highest BCUT2D eigenvalue weighted by molar-refractivity contribution is 5.83. The van der Waals surface area contributed by atoms with Crippen molar-refractivity contribution in [2.24, 2.45) is 5.41 Å². The van der Waals surface area contributed by atoms with Gasteiger partial charge in [-0.15, -0.1) is 0 Å². The molecule has 0 aliphatic carbocycles. The summed E-state index contributed by atoms with van der Waals surface area (Å²) in [5.41, 5.74) is 1.06. The Morgan fingerprint density at radius 1 is 1.15 bits per heavy atom. The van der Waals surface area contributed by atoms with Gasteiger partial charge in [-0.3, -0.25) is 9.59 Å². The minimum absolute atomic E-state index is 0.00876. The van der Waals surface area contributed by atoms with Crippen molar-refractivity contribution in [1.29, 1.82) is 0 Å². The predicted octanol–water partition coefficient (Wildman–Crippen LogP) is 1.86. The molecule has 1 aromatic carbocycles. The van der Waals surface area contributed by atoms with Gasteiger partial charge in [0.1, 0.15) is 6.54 Å². The lowest BCUT2D eigenvalue weighted by Gasteiger charge is -2.48. The van der Waals surface area contributed by atoms with Crippen LogP contribution in [0.25, 0.3) is 10.9 Å². The molecule has 2 fully saturated rings. The Labute approximate surface area is 159 Å². The van der Waals surface area contributed by atoms with Crippen LogP contribution < -0.4 is 0 Å². The Bertz CT molecular complexity index is 846. The van der Waals surface area contributed by atoms with E-state index in [1.807, 2.05) is 39.9 Å². The van der Waals surface area contributed by atoms with Gasteiger partial charge in [0.2, 0.25) is 11.8 Å². The van der Waals surface area contributed by atoms with E-state index >= 15 is 0 Å². The predicted molar refractivity (Wildman–Crippen MR) is 103 cm³/mol. The van der Waals surface area contributed by atoms with E-state index in [1.54, 1.807) is 4.90 Å². The molecular weight excluding hydrogens is 342 g/mol. The van der Waals surface area contributed by atoms with E-state index < -0.39 is 0 Å². The molecule has 1 atom stereocenters. The maximum atomic E-state index is 13.0. The second-order valence-corrected chi connectivity index (χ2v) is 7.96. The van der Waals surface area contributed by atoms with Gasteiger partial charge in [-0.2, -0.15) is 0 Å². The number of likely N-dealkylation sites (tertiary alicyclic amines) is 2. The van der Waals surface area contributed by atoms with Crippen LogP contribution in [0.1, 0.15) is 25.7 Å². The van der Waals surface area contributed by atoms with Crippen molar-refractivity contribution < 1.29 is 14.7 Å². The Balaban J connectivity index is 1.46. The number of aromatic nitrogens is 1. The molecule has 1 aromatic heterocycles. The molecule has 0 unspecified atom stereocenters. The molecule has 27 heavy (non-hydrogen) atoms. The van der Waals surface area contributed by atoms with Gasteiger partial charge in [-0.05, 0) is 36.8 Å². The molecule has 2 aliphatic heterocycles. The number of nitrogens with zero attached hydrogens (tertiary/aromatic N) is 3. The van der Waals surface area contributed by atoms with Crippen molar-refractivity contribution >= 4 is 22.7 Å². The number of piperidine rings is 2. The average Bonchev–Trinajstić information content (AvgIpc) is 3.08. The molecule has 2 aliphatic rings. The SMILES string of the molecule is O=C1CC[C@]2(CCCN(C(=O)Cn3ccc4ccccc43)C2)CN1CCO. The summed E-state index contributed by atoms with van der Waals surface area (Å²) >= 11 is 0. The molecule has 6 heteroatoms. The summed E-state index contributed by atoms with van der Waals surface area (Å²) in [4.78, 5) is 28.8. The summed E-state index contributed by atoms with van der Waals surface area (Å²) in [5.74, 6) is 0.262. The molecule has 1 spiro atoms. The van der Waals surface area contributed by atoms with Gasteiger partial charge in [0, 0.05) is 49.7 Å². The monoisotopic (exact) mass is 369 g/mol. The number of aliphatic hydroxyl groups excluding tert-OH is 1. The van der Waals surface area contributed by atoms with Gasteiger partial charge < -0.3 is 19.5 Å². The minimum atomic E-state index is -0.0181. The van der Waals surface area contributed by atoms with E-state index in [2.05, 4.69) is 6.07 Å². The van der Waals surface area contributed by atoms with Gasteiger partial charge >= 0.3 is 0 Å². The third kappa shape index (κ3) is 3.58. The molecular formula is C21H27N3O3. The maximum absolute atomic E-state index is 13.0. The topological polar surface area (TPSA) is 65.8 Å². The summed E-state index contributed by atoms with van der Waals surface area (Å²) in [6.07, 6.45) is 5.34. The molecule has 0 bridgehead atoms. The molecule has 0 radical (unpaired) electrons. The van der Waals surface area contributed by atoms with Crippen molar-refractivity contribution in [3.8, 4) is 0 Å². The Morgan fingerprint density at radius 3 is 2.85 bits per heavy atom. The highest BCUT2D eigenvalue weighted by atomic mass is 16.3. The third-order valence-electron chi connectivity index (χ3n) is 6.12. The number of fused-ring (bicyclic) bond motifs is 1. The van der Waals surface area contributed by atoms with E-state index in [0.717, 1.165) is 36.7 Å². The normalized spacial score (nSPS) is 23.4. The van der Waals surface area contributed by atoms with Gasteiger partial charge in [-0.1, -0.05) is 18.2 Å². The lowest BCUT2D eigenvalue weighted by Crippen LogP contribution is -2.55. The number of hydrogen-bond donors (Lipinski definition) is 1. The first-order valence-electron chi connectivity index (χ1n) is 9.81. The highest BCUT2D eigenvalue weighted by Crippen LogP contribution is 2.38. The fraction of sp³-hybridized carbons (Fsp3) is 0.524. The summed E-state index contributed by atoms with van der Waals surface area (Å²) in [6.45, 7) is 2.88. The zero-order valence-corrected chi connectivity index (χ0v) is 15.6. The molecule has 6 nitrogen and oxygen atoms in total. The molecule has 3 heterocycles. The summed E-state index contributed by atoms with van der Waals surface area (Å²) in [6, 6.07) is 10.1. The van der Waals surface area contributed by atoms with Crippen LogP contribution in [0, 0.1) is 5.41 Å². The summed E-state index contributed by atoms with van der Waals surface area (Å²) < 4.78 is 2.02. The fourth-order valence-corrected chi connectivity index (χ4v) is 4.70. The number of carbonyl (C=O) groups is 2. The first-order valence-corrected chi connectivity index (χ1v) is 9.81. The molecule has 2 aromatic rings. The number of hydrogen-bond acceptors (Lipinski definition) is 3. The largest absolute Gasteiger partial charge is 0.395 e. The van der Waals surface area contributed by atoms with E-state index in [-0.39, 0.29) is 23.8 Å². The van der Waals surface area contributed by atoms with Crippen LogP contribution in [-0.4, -0.2) is 64.1 Å². The maximum Gasteiger partial charge on any atom is 0.242 e. The van der Waals surface area contributed by atoms with E-state index in [4.69, 9.17) is 0 Å². The van der Waals surface area contributed by atoms with Crippen LogP contribution in [0.4, 0.5) is 0 Å². The number of amides is 2. The van der Waals surface area contributed by atoms with Crippen LogP contribution in [-0.2, 0) is 16.1 Å². The quantitative estimate of drug-likeness (QED) is 0.895. The molecule has 2 amide bonds. The molecule has 1 N–H and O–H groups in total. The van der Waals surface area contributed by atoms with E-state index in [1.165, 1.54) is 0 Å². The lowest BCUT2D eigenvalue weighted by molar-refractivity contribution is -0.143. The standard InChI is InChI=1S/C21H27N3O3/c25-13-12-24-16-21(9-6-19(24)26)8-3-10-23(15-21)20(27)14-22-11-7-17-4-1-2-5-18(17)22/h1-2,4-5,7,11,25H,3,6,8-10,12-16H2/t21-/m0/s1. The van der Waals surface area contributed by atoms with Crippen molar-refractivity contribution in [3.05, 3.63) is 36.5 Å². The van der Waals surface area contributed by atoms with Crippen LogP contribution in [0.3, 0.4) is 0 Å². The van der Waals surface area contributed by atoms with Crippen LogP contribution in [0.2, 0.25) is 0 Å². The zero-order valence-electron chi connectivity index (χ0n) is 15.6. The smallest absolute Gasteiger partial charge is 0.242 e. The number of rotatable bonds is 4. The Morgan fingerprint density at radius 2 is 2.00 bits per heavy atom. The highest BCUT2D eigenvalue weighted by Gasteiger charge is 2.42. The van der Waals surface area contributed by atoms with Gasteiger partial charge in [0.15, 0.2) is 0 Å². The number of β-amino-alcohol motifs (C(OH)–C–C–N with tert-alkyl or cyclic N) is 1. The molecule has 0 saturated carbocycles. The summed E-state index contributed by atoms with van der Waals surface area (Å²) in [5, 5.41) is 10.4. The van der Waals surface area contributed by atoms with Crippen molar-refractivity contribution in [3.63, 3.8) is 0 Å². The van der Waals surface area contributed by atoms with E-state index in [9.17, 15) is 14.7 Å². The minimum Gasteiger partial charge on any atom is -0.395 e. The zero-order chi connectivity index (χ0) is 18.9. The van der Waals surface area contributed by atoms with Crippen LogP contribution in [0.5, 0.6) is 0 Å². The van der Waals surface area contributed by atoms with Gasteiger partial charge in [0.25, 0.3) is 0 Å². The van der Waals surface area contributed by atoms with Crippen molar-refractivity contribution in [2.75, 3.05) is 32.8 Å². The van der Waals surface area contributed by atoms with Gasteiger partial charge in [-0.25, -0.2) is 0 Å². The fourth-order valence-electron chi connectivity index (χ4n) is 4.70. The summed E-state index contributed by atoms with van der Waals surface area (Å²) in [7, 11) is 0. The average molecular weight is 369 g/mol. The third-order valence-corrected chi connectivity index (χ3v) is 6.12. The second kappa shape index (κ2) is 7.35. The van der Waals surface area contributed by atoms with Crippen molar-refractivity contribution in [1.82, 2.24) is 14.4 Å². The molecule has 4 rings (SSSR count). The Hall–Kier alpha value is -2.34. The first-order chi connectivity index (χ1) is 13.1. The van der Waals surface area contributed by atoms with Crippen LogP contribution >= 0.6 is 0 Å².